The van der Waals surface area contributed by atoms with E-state index in [1.165, 1.54) is 11.8 Å². The number of rotatable bonds is 6. The van der Waals surface area contributed by atoms with E-state index >= 15 is 0 Å². The first-order valence-corrected chi connectivity index (χ1v) is 10.7. The van der Waals surface area contributed by atoms with Crippen LogP contribution in [0.25, 0.3) is 0 Å². The van der Waals surface area contributed by atoms with Crippen LogP contribution in [0.4, 0.5) is 5.82 Å². The van der Waals surface area contributed by atoms with E-state index in [4.69, 9.17) is 9.26 Å². The number of aryl methyl sites for hydroxylation is 1. The van der Waals surface area contributed by atoms with E-state index in [2.05, 4.69) is 15.5 Å². The molecule has 2 aromatic heterocycles. The number of thioether (sulfide) groups is 1. The monoisotopic (exact) mass is 404 g/mol. The second kappa shape index (κ2) is 8.48. The van der Waals surface area contributed by atoms with Crippen LogP contribution in [0.1, 0.15) is 42.7 Å². The first kappa shape index (κ1) is 19.2. The zero-order chi connectivity index (χ0) is 19.5. The van der Waals surface area contributed by atoms with Crippen LogP contribution in [0.15, 0.2) is 20.4 Å². The molecular weight excluding hydrogens is 380 g/mol. The molecular formula is C19H24N4O4S. The Labute approximate surface area is 167 Å². The van der Waals surface area contributed by atoms with Crippen molar-refractivity contribution >= 4 is 23.5 Å². The van der Waals surface area contributed by atoms with Gasteiger partial charge < -0.3 is 14.6 Å². The van der Waals surface area contributed by atoms with E-state index in [1.807, 2.05) is 0 Å². The maximum absolute atomic E-state index is 12.7. The highest BCUT2D eigenvalue weighted by Gasteiger charge is 2.24. The van der Waals surface area contributed by atoms with Crippen molar-refractivity contribution in [1.82, 2.24) is 14.7 Å². The Balaban J connectivity index is 1.49. The summed E-state index contributed by atoms with van der Waals surface area (Å²) >= 11 is 1.31. The predicted octanol–water partition coefficient (Wildman–Crippen LogP) is 2.33. The number of anilines is 1. The fraction of sp³-hybridized carbons (Fsp3) is 0.579. The van der Waals surface area contributed by atoms with Gasteiger partial charge in [0, 0.05) is 23.9 Å². The van der Waals surface area contributed by atoms with E-state index in [1.54, 1.807) is 17.6 Å². The minimum atomic E-state index is -0.244. The molecule has 0 saturated carbocycles. The van der Waals surface area contributed by atoms with Gasteiger partial charge in [-0.05, 0) is 45.4 Å². The highest BCUT2D eigenvalue weighted by molar-refractivity contribution is 8.00. The van der Waals surface area contributed by atoms with Gasteiger partial charge in [-0.15, -0.1) is 0 Å². The maximum Gasteiger partial charge on any atom is 0.348 e. The molecule has 1 aliphatic heterocycles. The van der Waals surface area contributed by atoms with Gasteiger partial charge in [0.1, 0.15) is 10.8 Å². The molecule has 2 aliphatic rings. The Hall–Kier alpha value is -2.13. The molecule has 150 valence electrons. The molecule has 0 aromatic carbocycles. The SMILES string of the molecule is Cc1cc(NC(=O)CSc2nc(=O)n(CC3CCCO3)c3c2CCCC3)no1. The molecule has 0 spiro atoms. The lowest BCUT2D eigenvalue weighted by atomic mass is 9.97. The van der Waals surface area contributed by atoms with Crippen molar-refractivity contribution in [3.63, 3.8) is 0 Å². The molecule has 1 atom stereocenters. The van der Waals surface area contributed by atoms with Crippen LogP contribution in [0.2, 0.25) is 0 Å². The molecule has 2 aromatic rings. The molecule has 1 aliphatic carbocycles. The van der Waals surface area contributed by atoms with Crippen molar-refractivity contribution in [3.8, 4) is 0 Å². The smallest absolute Gasteiger partial charge is 0.348 e. The standard InChI is InChI=1S/C19H24N4O4S/c1-12-9-16(22-27-12)20-17(24)11-28-18-14-6-2-3-7-15(14)23(19(25)21-18)10-13-5-4-8-26-13/h9,13H,2-8,10-11H2,1H3,(H,20,22,24). The Morgan fingerprint density at radius 1 is 1.36 bits per heavy atom. The second-order valence-electron chi connectivity index (χ2n) is 7.24. The third-order valence-corrected chi connectivity index (χ3v) is 6.11. The van der Waals surface area contributed by atoms with Gasteiger partial charge >= 0.3 is 5.69 Å². The minimum Gasteiger partial charge on any atom is -0.376 e. The number of amides is 1. The molecule has 1 unspecified atom stereocenters. The first-order valence-electron chi connectivity index (χ1n) is 9.70. The Kier molecular flexibility index (Phi) is 5.82. The van der Waals surface area contributed by atoms with Crippen LogP contribution in [0, 0.1) is 6.92 Å². The van der Waals surface area contributed by atoms with Crippen molar-refractivity contribution in [2.45, 2.75) is 63.1 Å². The number of hydrogen-bond acceptors (Lipinski definition) is 7. The van der Waals surface area contributed by atoms with E-state index in [9.17, 15) is 9.59 Å². The predicted molar refractivity (Wildman–Crippen MR) is 105 cm³/mol. The fourth-order valence-corrected chi connectivity index (χ4v) is 4.66. The van der Waals surface area contributed by atoms with Crippen LogP contribution in [-0.4, -0.2) is 39.1 Å². The summed E-state index contributed by atoms with van der Waals surface area (Å²) in [6, 6.07) is 1.66. The van der Waals surface area contributed by atoms with E-state index in [-0.39, 0.29) is 23.5 Å². The van der Waals surface area contributed by atoms with Crippen molar-refractivity contribution in [2.24, 2.45) is 0 Å². The number of fused-ring (bicyclic) bond motifs is 1. The van der Waals surface area contributed by atoms with Crippen molar-refractivity contribution in [3.05, 3.63) is 33.6 Å². The van der Waals surface area contributed by atoms with Gasteiger partial charge in [-0.3, -0.25) is 9.36 Å². The molecule has 4 rings (SSSR count). The van der Waals surface area contributed by atoms with Gasteiger partial charge in [-0.2, -0.15) is 4.98 Å². The molecule has 0 bridgehead atoms. The molecule has 3 heterocycles. The normalized spacial score (nSPS) is 18.8. The summed E-state index contributed by atoms with van der Waals surface area (Å²) in [6.45, 7) is 3.10. The number of carbonyl (C=O) groups is 1. The Morgan fingerprint density at radius 3 is 2.96 bits per heavy atom. The topological polar surface area (TPSA) is 99.2 Å². The molecule has 28 heavy (non-hydrogen) atoms. The Morgan fingerprint density at radius 2 is 2.21 bits per heavy atom. The highest BCUT2D eigenvalue weighted by atomic mass is 32.2. The average molecular weight is 404 g/mol. The van der Waals surface area contributed by atoms with Gasteiger partial charge in [0.15, 0.2) is 5.82 Å². The first-order chi connectivity index (χ1) is 13.6. The summed E-state index contributed by atoms with van der Waals surface area (Å²) < 4.78 is 12.5. The van der Waals surface area contributed by atoms with E-state index < -0.39 is 0 Å². The molecule has 1 N–H and O–H groups in total. The Bertz CT molecular complexity index is 917. The molecule has 1 amide bonds. The van der Waals surface area contributed by atoms with Crippen LogP contribution < -0.4 is 11.0 Å². The zero-order valence-corrected chi connectivity index (χ0v) is 16.7. The third-order valence-electron chi connectivity index (χ3n) is 5.10. The summed E-state index contributed by atoms with van der Waals surface area (Å²) in [4.78, 5) is 29.2. The quantitative estimate of drug-likeness (QED) is 0.583. The van der Waals surface area contributed by atoms with Crippen LogP contribution in [0.3, 0.4) is 0 Å². The molecule has 9 heteroatoms. The molecule has 1 saturated heterocycles. The van der Waals surface area contributed by atoms with Gasteiger partial charge in [0.25, 0.3) is 0 Å². The lowest BCUT2D eigenvalue weighted by Gasteiger charge is -2.24. The highest BCUT2D eigenvalue weighted by Crippen LogP contribution is 2.29. The van der Waals surface area contributed by atoms with Gasteiger partial charge in [-0.1, -0.05) is 16.9 Å². The second-order valence-corrected chi connectivity index (χ2v) is 8.20. The number of carbonyl (C=O) groups excluding carboxylic acids is 1. The number of nitrogens with one attached hydrogen (secondary N) is 1. The zero-order valence-electron chi connectivity index (χ0n) is 15.9. The fourth-order valence-electron chi connectivity index (χ4n) is 3.79. The lowest BCUT2D eigenvalue weighted by molar-refractivity contribution is -0.113. The number of aromatic nitrogens is 3. The van der Waals surface area contributed by atoms with Gasteiger partial charge in [0.2, 0.25) is 5.91 Å². The molecule has 0 radical (unpaired) electrons. The van der Waals surface area contributed by atoms with Crippen molar-refractivity contribution in [1.29, 1.82) is 0 Å². The third kappa shape index (κ3) is 4.30. The lowest BCUT2D eigenvalue weighted by Crippen LogP contribution is -2.34. The maximum atomic E-state index is 12.7. The van der Waals surface area contributed by atoms with E-state index in [0.29, 0.717) is 23.1 Å². The van der Waals surface area contributed by atoms with Crippen molar-refractivity contribution < 1.29 is 14.1 Å². The largest absolute Gasteiger partial charge is 0.376 e. The summed E-state index contributed by atoms with van der Waals surface area (Å²) in [5.74, 6) is 0.993. The molecule has 8 nitrogen and oxygen atoms in total. The van der Waals surface area contributed by atoms with Crippen molar-refractivity contribution in [2.75, 3.05) is 17.7 Å². The van der Waals surface area contributed by atoms with Crippen LogP contribution >= 0.6 is 11.8 Å². The number of nitrogens with zero attached hydrogens (tertiary/aromatic N) is 3. The number of hydrogen-bond donors (Lipinski definition) is 1. The minimum absolute atomic E-state index is 0.0979. The summed E-state index contributed by atoms with van der Waals surface area (Å²) in [6.07, 6.45) is 6.03. The van der Waals surface area contributed by atoms with Crippen LogP contribution in [-0.2, 0) is 28.9 Å². The molecule has 1 fully saturated rings. The summed E-state index contributed by atoms with van der Waals surface area (Å²) in [5, 5.41) is 7.13. The summed E-state index contributed by atoms with van der Waals surface area (Å²) in [5.41, 5.74) is 1.93. The van der Waals surface area contributed by atoms with Gasteiger partial charge in [0.05, 0.1) is 18.4 Å². The van der Waals surface area contributed by atoms with Crippen LogP contribution in [0.5, 0.6) is 0 Å². The number of ether oxygens (including phenoxy) is 1. The summed E-state index contributed by atoms with van der Waals surface area (Å²) in [7, 11) is 0. The van der Waals surface area contributed by atoms with Gasteiger partial charge in [-0.25, -0.2) is 4.79 Å². The van der Waals surface area contributed by atoms with E-state index in [0.717, 1.165) is 56.4 Å². The average Bonchev–Trinajstić information content (AvgIpc) is 3.34.